The van der Waals surface area contributed by atoms with Gasteiger partial charge in [0.25, 0.3) is 0 Å². The molecule has 0 nitrogen and oxygen atoms in total. The van der Waals surface area contributed by atoms with Crippen LogP contribution in [-0.2, 0) is 20.4 Å². The molecule has 1 aliphatic carbocycles. The maximum absolute atomic E-state index is 2.52. The van der Waals surface area contributed by atoms with E-state index >= 15 is 0 Å². The fourth-order valence-electron chi connectivity index (χ4n) is 5.57. The Bertz CT molecular complexity index is 1090. The number of hydrogen-bond donors (Lipinski definition) is 0. The number of benzene rings is 3. The molecule has 0 saturated heterocycles. The van der Waals surface area contributed by atoms with Gasteiger partial charge in [-0.05, 0) is 0 Å². The molecule has 3 aromatic carbocycles. The van der Waals surface area contributed by atoms with Gasteiger partial charge < -0.3 is 37.2 Å². The van der Waals surface area contributed by atoms with Crippen LogP contribution < -0.4 is 52.8 Å². The van der Waals surface area contributed by atoms with Crippen molar-refractivity contribution < 1.29 is 57.7 Å². The largest absolute Gasteiger partial charge is 1.00 e. The minimum absolute atomic E-state index is 0. The van der Waals surface area contributed by atoms with Gasteiger partial charge in [-0.1, -0.05) is 0 Å². The molecule has 33 heavy (non-hydrogen) atoms. The molecule has 0 aliphatic heterocycles. The first kappa shape index (κ1) is 30.0. The molecular weight excluding hydrogens is 519 g/mol. The molecule has 0 aromatic heterocycles. The summed E-state index contributed by atoms with van der Waals surface area (Å²) in [6.45, 7) is 11.8. The van der Waals surface area contributed by atoms with Gasteiger partial charge in [0.15, 0.2) is 0 Å². The van der Waals surface area contributed by atoms with Crippen molar-refractivity contribution in [2.24, 2.45) is 0 Å². The van der Waals surface area contributed by atoms with E-state index in [1.165, 1.54) is 41.7 Å². The standard InChI is InChI=1S/C28H29Si.3ClH.Ti/c1-21-14-12-13-19-27(21)29(25-15-8-6-9-16-25,26-17-10-7-11-18-26)28(5)20-22(2)23(3)24(28)4;;;;/h6-19H,1-5H3;3*1H;/q;;;;+3/p-3. The van der Waals surface area contributed by atoms with Gasteiger partial charge in [-0.3, -0.25) is 0 Å². The third-order valence-electron chi connectivity index (χ3n) is 7.46. The summed E-state index contributed by atoms with van der Waals surface area (Å²) in [6.07, 6.45) is 0. The van der Waals surface area contributed by atoms with Gasteiger partial charge in [0.05, 0.1) is 0 Å². The molecule has 0 amide bonds. The summed E-state index contributed by atoms with van der Waals surface area (Å²) in [4.78, 5) is 0. The van der Waals surface area contributed by atoms with Crippen LogP contribution in [0.1, 0.15) is 33.3 Å². The molecule has 0 saturated carbocycles. The van der Waals surface area contributed by atoms with E-state index in [0.29, 0.717) is 0 Å². The zero-order valence-electron chi connectivity index (χ0n) is 19.7. The van der Waals surface area contributed by atoms with Crippen molar-refractivity contribution in [3.05, 3.63) is 111 Å². The predicted octanol–water partition coefficient (Wildman–Crippen LogP) is -3.59. The summed E-state index contributed by atoms with van der Waals surface area (Å²) >= 11 is 2.38. The number of halogens is 3. The monoisotopic (exact) mass is 546 g/mol. The van der Waals surface area contributed by atoms with Crippen molar-refractivity contribution in [1.82, 2.24) is 0 Å². The predicted molar refractivity (Wildman–Crippen MR) is 128 cm³/mol. The molecule has 1 atom stereocenters. The summed E-state index contributed by atoms with van der Waals surface area (Å²) in [7, 11) is -2.49. The Balaban J connectivity index is 0.00000181. The second kappa shape index (κ2) is 11.6. The summed E-state index contributed by atoms with van der Waals surface area (Å²) in [5.41, 5.74) is 5.85. The van der Waals surface area contributed by atoms with Crippen LogP contribution in [0, 0.1) is 6.92 Å². The van der Waals surface area contributed by atoms with Crippen molar-refractivity contribution >= 4 is 23.6 Å². The first-order valence-electron chi connectivity index (χ1n) is 10.6. The molecule has 170 valence electrons. The summed E-state index contributed by atoms with van der Waals surface area (Å²) < 4.78 is 1.53. The molecule has 3 aromatic rings. The Kier molecular flexibility index (Phi) is 10.5. The quantitative estimate of drug-likeness (QED) is 0.234. The summed E-state index contributed by atoms with van der Waals surface area (Å²) in [5, 5.41) is 4.45. The maximum Gasteiger partial charge on any atom is -1.00 e. The first-order chi connectivity index (χ1) is 14.4. The van der Waals surface area contributed by atoms with Crippen LogP contribution in [-0.4, -0.2) is 8.07 Å². The van der Waals surface area contributed by atoms with Crippen LogP contribution in [0.4, 0.5) is 0 Å². The molecule has 4 rings (SSSR count). The molecular formula is C28H29Cl3SiTi. The SMILES string of the molecule is CC1=C(C)C(C)([Si](c2ccccc2)(c2ccccc2)c2ccccc2C)[C]([Ti+3])=C1C.[Cl-].[Cl-].[Cl-]. The first-order valence-corrected chi connectivity index (χ1v) is 13.4. The average molecular weight is 548 g/mol. The smallest absolute Gasteiger partial charge is 1.00 e. The van der Waals surface area contributed by atoms with Crippen LogP contribution in [0.2, 0.25) is 5.04 Å². The van der Waals surface area contributed by atoms with Gasteiger partial charge in [0, 0.05) is 0 Å². The van der Waals surface area contributed by atoms with E-state index in [-0.39, 0.29) is 42.3 Å². The molecule has 0 spiro atoms. The van der Waals surface area contributed by atoms with Crippen molar-refractivity contribution in [2.75, 3.05) is 0 Å². The van der Waals surface area contributed by atoms with Crippen molar-refractivity contribution in [2.45, 2.75) is 39.7 Å². The molecule has 1 unspecified atom stereocenters. The average Bonchev–Trinajstić information content (AvgIpc) is 2.93. The van der Waals surface area contributed by atoms with E-state index in [2.05, 4.69) is 140 Å². The van der Waals surface area contributed by atoms with Crippen LogP contribution in [0.15, 0.2) is 106 Å². The maximum atomic E-state index is 2.52. The van der Waals surface area contributed by atoms with E-state index in [4.69, 9.17) is 0 Å². The number of aryl methyl sites for hydroxylation is 1. The van der Waals surface area contributed by atoms with Gasteiger partial charge >= 0.3 is 195 Å². The molecule has 0 radical (unpaired) electrons. The number of rotatable bonds is 4. The van der Waals surface area contributed by atoms with Gasteiger partial charge in [-0.25, -0.2) is 0 Å². The van der Waals surface area contributed by atoms with Gasteiger partial charge in [0.1, 0.15) is 0 Å². The van der Waals surface area contributed by atoms with E-state index in [9.17, 15) is 0 Å². The second-order valence-corrected chi connectivity index (χ2v) is 13.6. The fourth-order valence-corrected chi connectivity index (χ4v) is 13.4. The van der Waals surface area contributed by atoms with E-state index in [1.807, 2.05) is 0 Å². The number of allylic oxidation sites excluding steroid dienone is 4. The van der Waals surface area contributed by atoms with Gasteiger partial charge in [-0.15, -0.1) is 0 Å². The fraction of sp³-hybridized carbons (Fsp3) is 0.214. The van der Waals surface area contributed by atoms with Crippen molar-refractivity contribution in [3.8, 4) is 0 Å². The molecule has 0 bridgehead atoms. The molecule has 0 heterocycles. The van der Waals surface area contributed by atoms with Crippen LogP contribution in [0.5, 0.6) is 0 Å². The zero-order valence-corrected chi connectivity index (χ0v) is 24.5. The topological polar surface area (TPSA) is 0 Å². The molecule has 0 N–H and O–H groups in total. The molecule has 5 heteroatoms. The number of hydrogen-bond acceptors (Lipinski definition) is 0. The normalized spacial score (nSPS) is 17.8. The molecule has 1 aliphatic rings. The minimum atomic E-state index is -2.49. The van der Waals surface area contributed by atoms with Crippen LogP contribution in [0.3, 0.4) is 0 Å². The summed E-state index contributed by atoms with van der Waals surface area (Å²) in [6, 6.07) is 31.7. The summed E-state index contributed by atoms with van der Waals surface area (Å²) in [5.74, 6) is 0. The van der Waals surface area contributed by atoms with E-state index in [1.54, 1.807) is 0 Å². The van der Waals surface area contributed by atoms with Crippen molar-refractivity contribution in [1.29, 1.82) is 0 Å². The Morgan fingerprint density at radius 1 is 0.606 bits per heavy atom. The van der Waals surface area contributed by atoms with Crippen LogP contribution in [0.25, 0.3) is 0 Å². The third-order valence-corrected chi connectivity index (χ3v) is 15.1. The zero-order chi connectivity index (χ0) is 21.5. The third kappa shape index (κ3) is 4.38. The van der Waals surface area contributed by atoms with E-state index in [0.717, 1.165) is 0 Å². The van der Waals surface area contributed by atoms with Crippen molar-refractivity contribution in [3.63, 3.8) is 0 Å². The Labute approximate surface area is 230 Å². The Morgan fingerprint density at radius 2 is 1.03 bits per heavy atom. The van der Waals surface area contributed by atoms with Crippen LogP contribution >= 0.6 is 0 Å². The Morgan fingerprint density at radius 3 is 1.42 bits per heavy atom. The van der Waals surface area contributed by atoms with Gasteiger partial charge in [0.2, 0.25) is 0 Å². The Hall–Kier alpha value is -1.06. The second-order valence-electron chi connectivity index (χ2n) is 8.67. The van der Waals surface area contributed by atoms with E-state index < -0.39 is 8.07 Å². The van der Waals surface area contributed by atoms with Gasteiger partial charge in [-0.2, -0.15) is 0 Å². The molecule has 0 fully saturated rings. The minimum Gasteiger partial charge on any atom is -1.00 e.